The van der Waals surface area contributed by atoms with E-state index in [1.165, 1.54) is 22.0 Å². The zero-order chi connectivity index (χ0) is 27.7. The molecule has 3 atom stereocenters. The Hall–Kier alpha value is -3.98. The fraction of sp³-hybridized carbons (Fsp3) is 0.375. The van der Waals surface area contributed by atoms with E-state index < -0.39 is 29.2 Å². The third-order valence-electron chi connectivity index (χ3n) is 6.58. The minimum atomic E-state index is -1.45. The van der Waals surface area contributed by atoms with Crippen molar-refractivity contribution in [1.29, 1.82) is 0 Å². The molecular weight excluding hydrogens is 546 g/mol. The van der Waals surface area contributed by atoms with E-state index in [1.807, 2.05) is 47.8 Å². The van der Waals surface area contributed by atoms with Gasteiger partial charge in [-0.05, 0) is 31.4 Å². The number of nitrogens with zero attached hydrogens (tertiary/aromatic N) is 5. The van der Waals surface area contributed by atoms with Crippen molar-refractivity contribution in [2.75, 3.05) is 11.1 Å². The van der Waals surface area contributed by atoms with Gasteiger partial charge in [0.2, 0.25) is 6.41 Å². The number of β-lactam (4-membered cyclic amide) rings is 1. The fourth-order valence-electron chi connectivity index (χ4n) is 4.57. The lowest BCUT2D eigenvalue weighted by Gasteiger charge is -2.50. The summed E-state index contributed by atoms with van der Waals surface area (Å²) in [7, 11) is 1.84. The molecule has 204 valence electrons. The summed E-state index contributed by atoms with van der Waals surface area (Å²) >= 11 is 2.45. The van der Waals surface area contributed by atoms with Crippen molar-refractivity contribution in [3.63, 3.8) is 0 Å². The van der Waals surface area contributed by atoms with Gasteiger partial charge in [-0.2, -0.15) is 4.68 Å². The average Bonchev–Trinajstić information content (AvgIpc) is 3.67. The number of thioether (sulfide) groups is 1. The number of carboxylic acids is 1. The Bertz CT molecular complexity index is 1410. The zero-order valence-corrected chi connectivity index (χ0v) is 22.7. The van der Waals surface area contributed by atoms with Crippen molar-refractivity contribution in [3.8, 4) is 0 Å². The van der Waals surface area contributed by atoms with Gasteiger partial charge in [-0.15, -0.1) is 27.8 Å². The Balaban J connectivity index is 1.35. The highest BCUT2D eigenvalue weighted by Gasteiger charge is 2.53. The second-order valence-electron chi connectivity index (χ2n) is 9.08. The lowest BCUT2D eigenvalue weighted by Crippen LogP contribution is -2.71. The first-order valence-corrected chi connectivity index (χ1v) is 14.0. The SMILES string of the molecule is Cc1cc[n+](C)n1CC1=C(C(=O)[O-])N2C(=O)[C@@H](NC(=O)C(=NOC3C=CCC3)c3csc(NC=O)n3)[C@H]2SC1. The van der Waals surface area contributed by atoms with Gasteiger partial charge in [0.25, 0.3) is 11.8 Å². The number of carbonyl (C=O) groups is 4. The summed E-state index contributed by atoms with van der Waals surface area (Å²) in [6, 6.07) is 0.926. The van der Waals surface area contributed by atoms with Gasteiger partial charge in [0.15, 0.2) is 24.1 Å². The van der Waals surface area contributed by atoms with Gasteiger partial charge in [-0.3, -0.25) is 19.3 Å². The molecule has 2 aliphatic heterocycles. The first kappa shape index (κ1) is 26.6. The van der Waals surface area contributed by atoms with Crippen LogP contribution in [0.15, 0.2) is 46.2 Å². The Morgan fingerprint density at radius 1 is 1.41 bits per heavy atom. The van der Waals surface area contributed by atoms with E-state index in [-0.39, 0.29) is 34.9 Å². The third kappa shape index (κ3) is 5.18. The molecule has 2 N–H and O–H groups in total. The first-order valence-electron chi connectivity index (χ1n) is 12.1. The number of hydrogen-bond acceptors (Lipinski definition) is 10. The molecule has 0 spiro atoms. The number of anilines is 1. The van der Waals surface area contributed by atoms with E-state index in [0.717, 1.165) is 23.5 Å². The summed E-state index contributed by atoms with van der Waals surface area (Å²) in [4.78, 5) is 60.3. The predicted octanol–water partition coefficient (Wildman–Crippen LogP) is -0.811. The van der Waals surface area contributed by atoms with E-state index in [2.05, 4.69) is 20.8 Å². The van der Waals surface area contributed by atoms with Crippen LogP contribution in [0.5, 0.6) is 0 Å². The molecule has 13 nitrogen and oxygen atoms in total. The van der Waals surface area contributed by atoms with Crippen LogP contribution in [0.1, 0.15) is 24.2 Å². The van der Waals surface area contributed by atoms with Crippen molar-refractivity contribution >= 4 is 58.1 Å². The summed E-state index contributed by atoms with van der Waals surface area (Å²) in [5.41, 5.74) is 1.31. The van der Waals surface area contributed by atoms with Gasteiger partial charge in [0, 0.05) is 17.2 Å². The molecule has 39 heavy (non-hydrogen) atoms. The van der Waals surface area contributed by atoms with E-state index >= 15 is 0 Å². The predicted molar refractivity (Wildman–Crippen MR) is 139 cm³/mol. The summed E-state index contributed by atoms with van der Waals surface area (Å²) in [6.07, 6.45) is 7.36. The number of allylic oxidation sites excluding steroid dienone is 1. The normalized spacial score (nSPS) is 22.4. The van der Waals surface area contributed by atoms with Crippen LogP contribution in [-0.2, 0) is 37.6 Å². The van der Waals surface area contributed by atoms with Crippen LogP contribution in [0, 0.1) is 6.92 Å². The molecule has 4 heterocycles. The monoisotopic (exact) mass is 571 g/mol. The van der Waals surface area contributed by atoms with Gasteiger partial charge in [-0.1, -0.05) is 11.2 Å². The van der Waals surface area contributed by atoms with Crippen LogP contribution in [-0.4, -0.2) is 67.7 Å². The quantitative estimate of drug-likeness (QED) is 0.0935. The standard InChI is InChI=1S/C24H25N7O6S2/c1-13-7-8-29(2)30(13)9-14-10-38-22-18(21(34)31(22)19(14)23(35)36)27-20(33)17(28-37-15-5-3-4-6-15)16-11-39-24(26-16)25-12-32/h3,5,7-8,11-12,15,18,22H,4,6,9-10H2,1-2H3,(H2-,25,26,27,32,33,35,36)/t15?,18-,22-/m1/s1. The second-order valence-corrected chi connectivity index (χ2v) is 11.0. The number of amides is 3. The summed E-state index contributed by atoms with van der Waals surface area (Å²) in [5, 5.41) is 22.4. The maximum Gasteiger partial charge on any atom is 0.276 e. The molecule has 15 heteroatoms. The van der Waals surface area contributed by atoms with Crippen molar-refractivity contribution in [2.45, 2.75) is 43.8 Å². The van der Waals surface area contributed by atoms with E-state index in [0.29, 0.717) is 24.2 Å². The van der Waals surface area contributed by atoms with Gasteiger partial charge in [0.05, 0.1) is 17.4 Å². The Kier molecular flexibility index (Phi) is 7.52. The summed E-state index contributed by atoms with van der Waals surface area (Å²) in [5.74, 6) is -2.38. The Morgan fingerprint density at radius 2 is 2.23 bits per heavy atom. The molecule has 0 bridgehead atoms. The molecule has 3 aliphatic rings. The topological polar surface area (TPSA) is 162 Å². The van der Waals surface area contributed by atoms with Crippen LogP contribution >= 0.6 is 23.1 Å². The highest BCUT2D eigenvalue weighted by molar-refractivity contribution is 8.00. The number of hydrogen-bond donors (Lipinski definition) is 2. The van der Waals surface area contributed by atoms with Crippen LogP contribution in [0.4, 0.5) is 5.13 Å². The molecule has 5 rings (SSSR count). The molecule has 3 amide bonds. The van der Waals surface area contributed by atoms with Crippen molar-refractivity contribution in [1.82, 2.24) is 19.9 Å². The van der Waals surface area contributed by atoms with E-state index in [4.69, 9.17) is 4.84 Å². The molecule has 1 aliphatic carbocycles. The molecule has 0 radical (unpaired) electrons. The number of aliphatic carboxylic acids is 1. The second kappa shape index (κ2) is 11.0. The Labute approximate surface area is 231 Å². The molecule has 1 unspecified atom stereocenters. The minimum Gasteiger partial charge on any atom is -0.543 e. The van der Waals surface area contributed by atoms with Gasteiger partial charge in [-0.25, -0.2) is 4.98 Å². The number of aryl methyl sites for hydroxylation is 2. The Morgan fingerprint density at radius 3 is 2.90 bits per heavy atom. The van der Waals surface area contributed by atoms with E-state index in [1.54, 1.807) is 0 Å². The number of aromatic nitrogens is 3. The molecule has 2 aromatic heterocycles. The molecular formula is C24H25N7O6S2. The maximum atomic E-state index is 13.3. The van der Waals surface area contributed by atoms with Gasteiger partial charge < -0.3 is 25.4 Å². The largest absolute Gasteiger partial charge is 0.543 e. The zero-order valence-electron chi connectivity index (χ0n) is 21.0. The maximum absolute atomic E-state index is 13.3. The van der Waals surface area contributed by atoms with Crippen molar-refractivity contribution < 1.29 is 33.8 Å². The summed E-state index contributed by atoms with van der Waals surface area (Å²) in [6.45, 7) is 2.19. The third-order valence-corrected chi connectivity index (χ3v) is 8.69. The van der Waals surface area contributed by atoms with Crippen molar-refractivity contribution in [2.24, 2.45) is 12.2 Å². The molecule has 1 saturated heterocycles. The van der Waals surface area contributed by atoms with Crippen LogP contribution in [0.25, 0.3) is 0 Å². The summed E-state index contributed by atoms with van der Waals surface area (Å²) < 4.78 is 3.73. The minimum absolute atomic E-state index is 0.163. The molecule has 0 saturated carbocycles. The highest BCUT2D eigenvalue weighted by atomic mass is 32.2. The van der Waals surface area contributed by atoms with E-state index in [9.17, 15) is 24.3 Å². The lowest BCUT2D eigenvalue weighted by molar-refractivity contribution is -0.753. The molecule has 0 aromatic carbocycles. The number of oxime groups is 1. The fourth-order valence-corrected chi connectivity index (χ4v) is 6.56. The molecule has 1 fully saturated rings. The van der Waals surface area contributed by atoms with Gasteiger partial charge >= 0.3 is 0 Å². The number of nitrogens with one attached hydrogen (secondary N) is 2. The highest BCUT2D eigenvalue weighted by Crippen LogP contribution is 2.40. The number of rotatable bonds is 10. The average molecular weight is 572 g/mol. The van der Waals surface area contributed by atoms with Crippen LogP contribution < -0.4 is 20.4 Å². The van der Waals surface area contributed by atoms with Gasteiger partial charge in [0.1, 0.15) is 29.8 Å². The first-order chi connectivity index (χ1) is 18.8. The lowest BCUT2D eigenvalue weighted by atomic mass is 10.0. The number of carboxylic acid groups (broad SMARTS) is 1. The number of carbonyl (C=O) groups excluding carboxylic acids is 4. The molecule has 2 aromatic rings. The van der Waals surface area contributed by atoms with Crippen LogP contribution in [0.3, 0.4) is 0 Å². The van der Waals surface area contributed by atoms with Crippen molar-refractivity contribution in [3.05, 3.63) is 52.5 Å². The smallest absolute Gasteiger partial charge is 0.276 e. The number of fused-ring (bicyclic) bond motifs is 1. The van der Waals surface area contributed by atoms with Crippen LogP contribution in [0.2, 0.25) is 0 Å². The number of thiazole rings is 1.